The second-order valence-electron chi connectivity index (χ2n) is 13.6. The summed E-state index contributed by atoms with van der Waals surface area (Å²) in [5.74, 6) is -3.99. The van der Waals surface area contributed by atoms with Gasteiger partial charge >= 0.3 is 6.18 Å². The van der Waals surface area contributed by atoms with Gasteiger partial charge in [-0.25, -0.2) is 4.39 Å². The molecule has 0 aliphatic heterocycles. The summed E-state index contributed by atoms with van der Waals surface area (Å²) in [4.78, 5) is 58.2. The second-order valence-corrected chi connectivity index (χ2v) is 13.6. The minimum atomic E-state index is -4.61. The van der Waals surface area contributed by atoms with E-state index in [2.05, 4.69) is 15.6 Å². The predicted octanol–water partition coefficient (Wildman–Crippen LogP) is 7.29. The standard InChI is InChI=1S/C38H47F4N3O4/c1-6-22(4)27(19-25(46)18-24-12-9-10-15-31(24)39)36(49)45-37(33(47)20-28(23(5)7-2)35(48)43-8-3)17-16-32-29(21-37)26-13-11-14-30(34(26)44-32)38(40,41)42/h9-15,22-23,27-28,44H,6-8,16-21H2,1-5H3,(H,43,48)(H,45,49)/t22?,23?,27-,28-,37+/m0/s1. The van der Waals surface area contributed by atoms with Crippen molar-refractivity contribution < 1.29 is 36.7 Å². The van der Waals surface area contributed by atoms with Crippen LogP contribution in [0.25, 0.3) is 10.9 Å². The van der Waals surface area contributed by atoms with E-state index in [9.17, 15) is 36.7 Å². The van der Waals surface area contributed by atoms with Gasteiger partial charge in [-0.1, -0.05) is 70.9 Å². The van der Waals surface area contributed by atoms with Crippen LogP contribution in [0, 0.1) is 29.5 Å². The number of H-pyrrole nitrogens is 1. The van der Waals surface area contributed by atoms with Gasteiger partial charge < -0.3 is 15.6 Å². The molecule has 1 aliphatic rings. The Hall–Kier alpha value is -4.02. The Balaban J connectivity index is 1.74. The molecule has 1 aliphatic carbocycles. The van der Waals surface area contributed by atoms with Crippen molar-refractivity contribution in [3.63, 3.8) is 0 Å². The van der Waals surface area contributed by atoms with Gasteiger partial charge in [0.25, 0.3) is 0 Å². The number of aryl methyl sites for hydroxylation is 1. The molecular weight excluding hydrogens is 638 g/mol. The number of nitrogens with one attached hydrogen (secondary N) is 3. The topological polar surface area (TPSA) is 108 Å². The number of benzene rings is 2. The fourth-order valence-corrected chi connectivity index (χ4v) is 7.00. The SMILES string of the molecule is CCNC(=O)[C@@H](CC(=O)[C@@]1(NC(=O)[C@@H](CC(=O)Cc2ccccc2F)C(C)CC)CCc2[nH]c3c(C(F)(F)F)cccc3c2C1)C(C)CC. The van der Waals surface area contributed by atoms with Gasteiger partial charge in [0.1, 0.15) is 17.1 Å². The Morgan fingerprint density at radius 3 is 2.16 bits per heavy atom. The first-order chi connectivity index (χ1) is 23.1. The van der Waals surface area contributed by atoms with Gasteiger partial charge in [-0.3, -0.25) is 19.2 Å². The highest BCUT2D eigenvalue weighted by molar-refractivity contribution is 5.99. The number of ketones is 2. The van der Waals surface area contributed by atoms with E-state index in [-0.39, 0.29) is 78.9 Å². The maximum atomic E-state index is 14.6. The molecule has 7 nitrogen and oxygen atoms in total. The van der Waals surface area contributed by atoms with Crippen LogP contribution >= 0.6 is 0 Å². The maximum Gasteiger partial charge on any atom is 0.418 e. The number of Topliss-reactive ketones (excluding diaryl/α,β-unsaturated/α-hetero) is 2. The number of rotatable bonds is 15. The lowest BCUT2D eigenvalue weighted by molar-refractivity contribution is -0.139. The molecule has 5 atom stereocenters. The van der Waals surface area contributed by atoms with Crippen LogP contribution in [-0.2, 0) is 44.6 Å². The Morgan fingerprint density at radius 2 is 1.55 bits per heavy atom. The van der Waals surface area contributed by atoms with Crippen molar-refractivity contribution in [2.75, 3.05) is 6.54 Å². The number of para-hydroxylation sites is 1. The molecule has 266 valence electrons. The number of hydrogen-bond donors (Lipinski definition) is 3. The van der Waals surface area contributed by atoms with E-state index >= 15 is 0 Å². The summed E-state index contributed by atoms with van der Waals surface area (Å²) in [5.41, 5.74) is -1.14. The molecule has 0 bridgehead atoms. The van der Waals surface area contributed by atoms with Gasteiger partial charge in [0, 0.05) is 55.1 Å². The normalized spacial score (nSPS) is 18.6. The summed E-state index contributed by atoms with van der Waals surface area (Å²) in [6.07, 6.45) is -3.78. The molecule has 0 fully saturated rings. The van der Waals surface area contributed by atoms with Gasteiger partial charge in [0.15, 0.2) is 5.78 Å². The zero-order chi connectivity index (χ0) is 36.1. The quantitative estimate of drug-likeness (QED) is 0.146. The lowest BCUT2D eigenvalue weighted by atomic mass is 9.72. The third kappa shape index (κ3) is 8.41. The van der Waals surface area contributed by atoms with Gasteiger partial charge in [-0.05, 0) is 54.9 Å². The van der Waals surface area contributed by atoms with Gasteiger partial charge in [-0.2, -0.15) is 13.2 Å². The van der Waals surface area contributed by atoms with Crippen LogP contribution < -0.4 is 10.6 Å². The van der Waals surface area contributed by atoms with Gasteiger partial charge in [0.2, 0.25) is 11.8 Å². The third-order valence-electron chi connectivity index (χ3n) is 10.4. The molecule has 1 aromatic heterocycles. The van der Waals surface area contributed by atoms with E-state index in [0.29, 0.717) is 36.0 Å². The summed E-state index contributed by atoms with van der Waals surface area (Å²) in [5, 5.41) is 6.15. The molecule has 0 spiro atoms. The van der Waals surface area contributed by atoms with Crippen LogP contribution in [0.1, 0.15) is 89.1 Å². The number of alkyl halides is 3. The molecule has 2 amide bonds. The highest BCUT2D eigenvalue weighted by Crippen LogP contribution is 2.41. The first kappa shape index (κ1) is 37.8. The number of hydrogen-bond acceptors (Lipinski definition) is 4. The Kier molecular flexibility index (Phi) is 12.1. The van der Waals surface area contributed by atoms with Crippen molar-refractivity contribution in [1.29, 1.82) is 0 Å². The second kappa shape index (κ2) is 15.7. The minimum Gasteiger partial charge on any atom is -0.358 e. The number of amides is 2. The molecule has 49 heavy (non-hydrogen) atoms. The van der Waals surface area contributed by atoms with E-state index in [0.717, 1.165) is 6.07 Å². The number of fused-ring (bicyclic) bond motifs is 3. The van der Waals surface area contributed by atoms with Gasteiger partial charge in [0.05, 0.1) is 11.1 Å². The molecule has 0 saturated heterocycles. The summed E-state index contributed by atoms with van der Waals surface area (Å²) in [7, 11) is 0. The number of aromatic nitrogens is 1. The summed E-state index contributed by atoms with van der Waals surface area (Å²) in [6, 6.07) is 9.85. The minimum absolute atomic E-state index is 0.0762. The summed E-state index contributed by atoms with van der Waals surface area (Å²) in [6.45, 7) is 9.68. The van der Waals surface area contributed by atoms with Crippen LogP contribution in [0.5, 0.6) is 0 Å². The maximum absolute atomic E-state index is 14.6. The van der Waals surface area contributed by atoms with E-state index in [1.165, 1.54) is 24.3 Å². The number of carbonyl (C=O) groups excluding carboxylic acids is 4. The zero-order valence-electron chi connectivity index (χ0n) is 28.9. The first-order valence-corrected chi connectivity index (χ1v) is 17.2. The molecule has 3 aromatic rings. The number of carbonyl (C=O) groups is 4. The molecule has 1 heterocycles. The van der Waals surface area contributed by atoms with Crippen LogP contribution in [-0.4, -0.2) is 40.4 Å². The van der Waals surface area contributed by atoms with E-state index in [1.54, 1.807) is 19.1 Å². The Bertz CT molecular complexity index is 1680. The fourth-order valence-electron chi connectivity index (χ4n) is 7.00. The van der Waals surface area contributed by atoms with Crippen molar-refractivity contribution in [2.45, 2.75) is 97.7 Å². The molecule has 2 unspecified atom stereocenters. The average molecular weight is 686 g/mol. The summed E-state index contributed by atoms with van der Waals surface area (Å²) >= 11 is 0. The van der Waals surface area contributed by atoms with Crippen molar-refractivity contribution in [1.82, 2.24) is 15.6 Å². The van der Waals surface area contributed by atoms with Crippen LogP contribution in [0.15, 0.2) is 42.5 Å². The van der Waals surface area contributed by atoms with E-state index in [1.807, 2.05) is 27.7 Å². The predicted molar refractivity (Wildman–Crippen MR) is 180 cm³/mol. The van der Waals surface area contributed by atoms with Crippen LogP contribution in [0.2, 0.25) is 0 Å². The van der Waals surface area contributed by atoms with Crippen molar-refractivity contribution in [3.8, 4) is 0 Å². The molecule has 3 N–H and O–H groups in total. The van der Waals surface area contributed by atoms with Crippen LogP contribution in [0.3, 0.4) is 0 Å². The van der Waals surface area contributed by atoms with Gasteiger partial charge in [-0.15, -0.1) is 0 Å². The smallest absolute Gasteiger partial charge is 0.358 e. The third-order valence-corrected chi connectivity index (χ3v) is 10.4. The Morgan fingerprint density at radius 1 is 0.898 bits per heavy atom. The molecular formula is C38H47F4N3O4. The average Bonchev–Trinajstić information content (AvgIpc) is 3.43. The van der Waals surface area contributed by atoms with E-state index < -0.39 is 40.8 Å². The number of halogens is 4. The van der Waals surface area contributed by atoms with E-state index in [4.69, 9.17) is 0 Å². The molecule has 2 aromatic carbocycles. The monoisotopic (exact) mass is 685 g/mol. The molecule has 4 rings (SSSR count). The largest absolute Gasteiger partial charge is 0.418 e. The number of aromatic amines is 1. The lowest BCUT2D eigenvalue weighted by Crippen LogP contribution is -2.60. The highest BCUT2D eigenvalue weighted by atomic mass is 19.4. The molecule has 11 heteroatoms. The van der Waals surface area contributed by atoms with Crippen LogP contribution in [0.4, 0.5) is 17.6 Å². The van der Waals surface area contributed by atoms with Crippen molar-refractivity contribution in [2.24, 2.45) is 23.7 Å². The van der Waals surface area contributed by atoms with Crippen molar-refractivity contribution in [3.05, 3.63) is 70.7 Å². The molecule has 0 saturated carbocycles. The first-order valence-electron chi connectivity index (χ1n) is 17.2. The summed E-state index contributed by atoms with van der Waals surface area (Å²) < 4.78 is 56.3. The fraction of sp³-hybridized carbons (Fsp3) is 0.526. The Labute approximate surface area is 285 Å². The zero-order valence-corrected chi connectivity index (χ0v) is 28.9. The lowest BCUT2D eigenvalue weighted by Gasteiger charge is -2.39. The van der Waals surface area contributed by atoms with Crippen molar-refractivity contribution >= 4 is 34.3 Å². The highest BCUT2D eigenvalue weighted by Gasteiger charge is 2.47. The molecule has 0 radical (unpaired) electrons.